The molecule has 0 atom stereocenters. The molecule has 0 bridgehead atoms. The molecule has 76 valence electrons. The highest BCUT2D eigenvalue weighted by Crippen LogP contribution is 2.04. The zero-order valence-electron chi connectivity index (χ0n) is 7.90. The quantitative estimate of drug-likeness (QED) is 0.804. The van der Waals surface area contributed by atoms with Crippen LogP contribution in [0.15, 0.2) is 24.3 Å². The lowest BCUT2D eigenvalue weighted by atomic mass is 10.1. The third-order valence-electron chi connectivity index (χ3n) is 1.95. The molecule has 0 aromatic heterocycles. The van der Waals surface area contributed by atoms with Crippen LogP contribution in [0.4, 0.5) is 9.18 Å². The van der Waals surface area contributed by atoms with Crippen molar-refractivity contribution in [3.8, 4) is 0 Å². The van der Waals surface area contributed by atoms with Crippen molar-refractivity contribution >= 4 is 6.09 Å². The van der Waals surface area contributed by atoms with Crippen molar-refractivity contribution < 1.29 is 14.3 Å². The summed E-state index contributed by atoms with van der Waals surface area (Å²) in [5.41, 5.74) is 0.804. The molecule has 4 heteroatoms. The maximum absolute atomic E-state index is 12.7. The van der Waals surface area contributed by atoms with Gasteiger partial charge in [-0.2, -0.15) is 0 Å². The van der Waals surface area contributed by atoms with E-state index in [4.69, 9.17) is 5.11 Å². The van der Waals surface area contributed by atoms with Gasteiger partial charge in [0, 0.05) is 13.6 Å². The second-order valence-electron chi connectivity index (χ2n) is 3.08. The molecule has 0 aliphatic carbocycles. The minimum Gasteiger partial charge on any atom is -0.465 e. The first-order valence-electron chi connectivity index (χ1n) is 4.28. The molecular formula is C10H12FNO2. The predicted molar refractivity (Wildman–Crippen MR) is 50.8 cm³/mol. The van der Waals surface area contributed by atoms with E-state index in [1.807, 2.05) is 0 Å². The average Bonchev–Trinajstić information content (AvgIpc) is 2.14. The number of carbonyl (C=O) groups is 1. The number of carboxylic acid groups (broad SMARTS) is 1. The molecule has 0 aliphatic rings. The zero-order valence-corrected chi connectivity index (χ0v) is 7.90. The van der Waals surface area contributed by atoms with Gasteiger partial charge in [-0.05, 0) is 24.1 Å². The van der Waals surface area contributed by atoms with E-state index in [0.29, 0.717) is 13.0 Å². The van der Waals surface area contributed by atoms with Gasteiger partial charge in [-0.15, -0.1) is 0 Å². The van der Waals surface area contributed by atoms with E-state index in [1.165, 1.54) is 24.1 Å². The van der Waals surface area contributed by atoms with Gasteiger partial charge in [0.15, 0.2) is 0 Å². The van der Waals surface area contributed by atoms with Crippen LogP contribution in [0.25, 0.3) is 0 Å². The summed E-state index contributed by atoms with van der Waals surface area (Å²) in [4.78, 5) is 11.6. The average molecular weight is 197 g/mol. The molecule has 0 heterocycles. The minimum atomic E-state index is -0.971. The molecule has 1 aromatic rings. The normalized spacial score (nSPS) is 9.86. The second kappa shape index (κ2) is 4.60. The Morgan fingerprint density at radius 1 is 1.57 bits per heavy atom. The number of halogens is 1. The van der Waals surface area contributed by atoms with Gasteiger partial charge in [0.05, 0.1) is 0 Å². The van der Waals surface area contributed by atoms with Gasteiger partial charge >= 0.3 is 6.09 Å². The Bertz CT molecular complexity index is 328. The number of nitrogens with zero attached hydrogens (tertiary/aromatic N) is 1. The minimum absolute atomic E-state index is 0.291. The fraction of sp³-hybridized carbons (Fsp3) is 0.300. The molecule has 0 fully saturated rings. The van der Waals surface area contributed by atoms with Gasteiger partial charge in [0.2, 0.25) is 0 Å². The molecule has 3 nitrogen and oxygen atoms in total. The van der Waals surface area contributed by atoms with E-state index in [-0.39, 0.29) is 5.82 Å². The van der Waals surface area contributed by atoms with E-state index in [2.05, 4.69) is 0 Å². The Labute approximate surface area is 81.8 Å². The zero-order chi connectivity index (χ0) is 10.6. The van der Waals surface area contributed by atoms with Gasteiger partial charge in [-0.25, -0.2) is 9.18 Å². The standard InChI is InChI=1S/C10H12FNO2/c1-12(10(13)14)6-5-8-3-2-4-9(11)7-8/h2-4,7H,5-6H2,1H3,(H,13,14). The Morgan fingerprint density at radius 3 is 2.86 bits per heavy atom. The van der Waals surface area contributed by atoms with Crippen molar-refractivity contribution in [2.75, 3.05) is 13.6 Å². The summed E-state index contributed by atoms with van der Waals surface area (Å²) in [6.07, 6.45) is -0.443. The molecule has 1 rings (SSSR count). The smallest absolute Gasteiger partial charge is 0.407 e. The Balaban J connectivity index is 2.49. The summed E-state index contributed by atoms with van der Waals surface area (Å²) >= 11 is 0. The second-order valence-corrected chi connectivity index (χ2v) is 3.08. The van der Waals surface area contributed by atoms with Crippen LogP contribution in [-0.4, -0.2) is 29.7 Å². The number of likely N-dealkylation sites (N-methyl/N-ethyl adjacent to an activating group) is 1. The molecular weight excluding hydrogens is 185 g/mol. The summed E-state index contributed by atoms with van der Waals surface area (Å²) in [7, 11) is 1.49. The topological polar surface area (TPSA) is 40.5 Å². The van der Waals surface area contributed by atoms with Crippen molar-refractivity contribution in [1.82, 2.24) is 4.90 Å². The van der Waals surface area contributed by atoms with Crippen LogP contribution in [-0.2, 0) is 6.42 Å². The summed E-state index contributed by atoms with van der Waals surface area (Å²) < 4.78 is 12.7. The van der Waals surface area contributed by atoms with Crippen molar-refractivity contribution in [2.45, 2.75) is 6.42 Å². The first-order valence-corrected chi connectivity index (χ1v) is 4.28. The lowest BCUT2D eigenvalue weighted by molar-refractivity contribution is 0.156. The van der Waals surface area contributed by atoms with Crippen molar-refractivity contribution in [3.63, 3.8) is 0 Å². The molecule has 0 aliphatic heterocycles. The van der Waals surface area contributed by atoms with Crippen LogP contribution < -0.4 is 0 Å². The SMILES string of the molecule is CN(CCc1cccc(F)c1)C(=O)O. The summed E-state index contributed by atoms with van der Waals surface area (Å²) in [6.45, 7) is 0.374. The molecule has 0 saturated carbocycles. The van der Waals surface area contributed by atoms with E-state index in [9.17, 15) is 9.18 Å². The van der Waals surface area contributed by atoms with Crippen LogP contribution in [0, 0.1) is 5.82 Å². The van der Waals surface area contributed by atoms with Crippen molar-refractivity contribution in [3.05, 3.63) is 35.6 Å². The van der Waals surface area contributed by atoms with Gasteiger partial charge in [-0.3, -0.25) is 0 Å². The largest absolute Gasteiger partial charge is 0.465 e. The molecule has 1 amide bonds. The molecule has 0 unspecified atom stereocenters. The number of rotatable bonds is 3. The van der Waals surface area contributed by atoms with Crippen molar-refractivity contribution in [1.29, 1.82) is 0 Å². The van der Waals surface area contributed by atoms with Crippen LogP contribution in [0.3, 0.4) is 0 Å². The van der Waals surface area contributed by atoms with Gasteiger partial charge in [0.1, 0.15) is 5.82 Å². The molecule has 1 aromatic carbocycles. The third kappa shape index (κ3) is 3.05. The number of amides is 1. The summed E-state index contributed by atoms with van der Waals surface area (Å²) in [5.74, 6) is -0.291. The fourth-order valence-corrected chi connectivity index (χ4v) is 1.08. The lowest BCUT2D eigenvalue weighted by Crippen LogP contribution is -2.26. The van der Waals surface area contributed by atoms with Gasteiger partial charge < -0.3 is 10.0 Å². The summed E-state index contributed by atoms with van der Waals surface area (Å²) in [5, 5.41) is 8.57. The molecule has 0 spiro atoms. The highest BCUT2D eigenvalue weighted by atomic mass is 19.1. The molecule has 1 N–H and O–H groups in total. The number of hydrogen-bond donors (Lipinski definition) is 1. The Morgan fingerprint density at radius 2 is 2.29 bits per heavy atom. The lowest BCUT2D eigenvalue weighted by Gasteiger charge is -2.12. The van der Waals surface area contributed by atoms with Crippen LogP contribution in [0.2, 0.25) is 0 Å². The van der Waals surface area contributed by atoms with Crippen LogP contribution >= 0.6 is 0 Å². The molecule has 0 radical (unpaired) electrons. The maximum atomic E-state index is 12.7. The summed E-state index contributed by atoms with van der Waals surface area (Å²) in [6, 6.07) is 6.17. The van der Waals surface area contributed by atoms with Gasteiger partial charge in [0.25, 0.3) is 0 Å². The Kier molecular flexibility index (Phi) is 3.45. The Hall–Kier alpha value is -1.58. The van der Waals surface area contributed by atoms with E-state index < -0.39 is 6.09 Å². The first kappa shape index (κ1) is 10.5. The molecule has 14 heavy (non-hydrogen) atoms. The van der Waals surface area contributed by atoms with Crippen LogP contribution in [0.1, 0.15) is 5.56 Å². The van der Waals surface area contributed by atoms with E-state index >= 15 is 0 Å². The highest BCUT2D eigenvalue weighted by Gasteiger charge is 2.04. The number of hydrogen-bond acceptors (Lipinski definition) is 1. The maximum Gasteiger partial charge on any atom is 0.407 e. The monoisotopic (exact) mass is 197 g/mol. The number of benzene rings is 1. The predicted octanol–water partition coefficient (Wildman–Crippen LogP) is 1.98. The van der Waals surface area contributed by atoms with E-state index in [1.54, 1.807) is 12.1 Å². The van der Waals surface area contributed by atoms with Gasteiger partial charge in [-0.1, -0.05) is 12.1 Å². The van der Waals surface area contributed by atoms with Crippen molar-refractivity contribution in [2.24, 2.45) is 0 Å². The molecule has 0 saturated heterocycles. The van der Waals surface area contributed by atoms with Crippen LogP contribution in [0.5, 0.6) is 0 Å². The third-order valence-corrected chi connectivity index (χ3v) is 1.95. The fourth-order valence-electron chi connectivity index (χ4n) is 1.08. The first-order chi connectivity index (χ1) is 6.59. The highest BCUT2D eigenvalue weighted by molar-refractivity contribution is 5.64. The van der Waals surface area contributed by atoms with E-state index in [0.717, 1.165) is 5.56 Å².